The average Bonchev–Trinajstić information content (AvgIpc) is 2.63. The number of hydrogen-bond acceptors (Lipinski definition) is 2. The second kappa shape index (κ2) is 5.69. The molecule has 1 unspecified atom stereocenters. The maximum atomic E-state index is 12.7. The van der Waals surface area contributed by atoms with Crippen molar-refractivity contribution in [2.45, 2.75) is 32.0 Å². The number of aliphatic imine (C=N–C) groups is 1. The zero-order valence-corrected chi connectivity index (χ0v) is 11.4. The first kappa shape index (κ1) is 14.6. The summed E-state index contributed by atoms with van der Waals surface area (Å²) in [6.07, 6.45) is -1.60. The molecule has 0 spiro atoms. The van der Waals surface area contributed by atoms with Crippen LogP contribution in [0.5, 0.6) is 5.75 Å². The number of halogens is 3. The third-order valence-electron chi connectivity index (χ3n) is 3.40. The highest BCUT2D eigenvalue weighted by Crippen LogP contribution is 2.35. The number of benzene rings is 1. The van der Waals surface area contributed by atoms with Gasteiger partial charge in [0.05, 0.1) is 13.2 Å². The van der Waals surface area contributed by atoms with Crippen LogP contribution in [0.4, 0.5) is 13.2 Å². The maximum absolute atomic E-state index is 12.7. The van der Waals surface area contributed by atoms with Crippen molar-refractivity contribution in [1.29, 1.82) is 0 Å². The Hall–Kier alpha value is -1.78. The quantitative estimate of drug-likeness (QED) is 0.788. The molecule has 0 saturated heterocycles. The predicted octanol–water partition coefficient (Wildman–Crippen LogP) is 4.40. The minimum Gasteiger partial charge on any atom is -0.496 e. The fraction of sp³-hybridized carbons (Fsp3) is 0.400. The number of aryl methyl sites for hydroxylation is 1. The van der Waals surface area contributed by atoms with Gasteiger partial charge in [0, 0.05) is 11.8 Å². The van der Waals surface area contributed by atoms with Gasteiger partial charge in [-0.15, -0.1) is 0 Å². The summed E-state index contributed by atoms with van der Waals surface area (Å²) in [6.45, 7) is 1.90. The van der Waals surface area contributed by atoms with E-state index in [9.17, 15) is 13.2 Å². The van der Waals surface area contributed by atoms with Crippen LogP contribution < -0.4 is 4.74 Å². The van der Waals surface area contributed by atoms with Crippen molar-refractivity contribution in [3.05, 3.63) is 41.0 Å². The molecule has 1 aliphatic heterocycles. The van der Waals surface area contributed by atoms with Crippen LogP contribution in [0.3, 0.4) is 0 Å². The first-order valence-electron chi connectivity index (χ1n) is 6.36. The first-order valence-corrected chi connectivity index (χ1v) is 6.36. The molecule has 1 aromatic carbocycles. The second-order valence-corrected chi connectivity index (χ2v) is 4.77. The van der Waals surface area contributed by atoms with Crippen molar-refractivity contribution < 1.29 is 17.9 Å². The number of hydrogen-bond donors (Lipinski definition) is 0. The van der Waals surface area contributed by atoms with E-state index in [0.29, 0.717) is 6.42 Å². The molecular formula is C15H16F3NO. The van der Waals surface area contributed by atoms with Gasteiger partial charge in [0.2, 0.25) is 0 Å². The number of rotatable bonds is 2. The van der Waals surface area contributed by atoms with Crippen LogP contribution >= 0.6 is 0 Å². The highest BCUT2D eigenvalue weighted by atomic mass is 19.4. The van der Waals surface area contributed by atoms with Crippen molar-refractivity contribution >= 4 is 6.21 Å². The van der Waals surface area contributed by atoms with E-state index in [2.05, 4.69) is 4.99 Å². The van der Waals surface area contributed by atoms with Crippen LogP contribution in [0.15, 0.2) is 34.8 Å². The summed E-state index contributed by atoms with van der Waals surface area (Å²) >= 11 is 0. The largest absolute Gasteiger partial charge is 0.496 e. The van der Waals surface area contributed by atoms with E-state index in [1.807, 2.05) is 25.1 Å². The van der Waals surface area contributed by atoms with E-state index in [0.717, 1.165) is 23.0 Å². The van der Waals surface area contributed by atoms with Gasteiger partial charge in [-0.05, 0) is 43.0 Å². The maximum Gasteiger partial charge on any atom is 0.412 e. The molecule has 5 heteroatoms. The lowest BCUT2D eigenvalue weighted by Gasteiger charge is -2.15. The third-order valence-corrected chi connectivity index (χ3v) is 3.40. The smallest absolute Gasteiger partial charge is 0.412 e. The standard InChI is InChI=1S/C15H16F3NO/c1-10-9-11(3-6-14(10)20-2)13-5-4-12(7-8-19-13)15(16,17)18/h3,6-9,13H,4-5H2,1-2H3. The van der Waals surface area contributed by atoms with Gasteiger partial charge >= 0.3 is 6.18 Å². The number of alkyl halides is 3. The van der Waals surface area contributed by atoms with E-state index in [1.54, 1.807) is 7.11 Å². The molecule has 0 bridgehead atoms. The molecule has 0 amide bonds. The fourth-order valence-corrected chi connectivity index (χ4v) is 2.28. The van der Waals surface area contributed by atoms with E-state index in [-0.39, 0.29) is 12.5 Å². The summed E-state index contributed by atoms with van der Waals surface area (Å²) in [4.78, 5) is 4.21. The molecule has 1 heterocycles. The van der Waals surface area contributed by atoms with Gasteiger partial charge < -0.3 is 4.74 Å². The topological polar surface area (TPSA) is 21.6 Å². The summed E-state index contributed by atoms with van der Waals surface area (Å²) in [7, 11) is 1.59. The highest BCUT2D eigenvalue weighted by molar-refractivity contribution is 5.73. The Balaban J connectivity index is 2.16. The molecule has 1 aliphatic rings. The lowest BCUT2D eigenvalue weighted by Crippen LogP contribution is -2.12. The minimum atomic E-state index is -4.27. The number of allylic oxidation sites excluding steroid dienone is 2. The van der Waals surface area contributed by atoms with E-state index in [1.165, 1.54) is 6.21 Å². The predicted molar refractivity (Wildman–Crippen MR) is 72.3 cm³/mol. The lowest BCUT2D eigenvalue weighted by molar-refractivity contribution is -0.0940. The van der Waals surface area contributed by atoms with Crippen molar-refractivity contribution in [3.63, 3.8) is 0 Å². The van der Waals surface area contributed by atoms with Crippen molar-refractivity contribution in [1.82, 2.24) is 0 Å². The van der Waals surface area contributed by atoms with Gasteiger partial charge in [0.15, 0.2) is 0 Å². The van der Waals surface area contributed by atoms with Crippen LogP contribution in [0.25, 0.3) is 0 Å². The Morgan fingerprint density at radius 1 is 1.30 bits per heavy atom. The Labute approximate surface area is 116 Å². The van der Waals surface area contributed by atoms with Crippen LogP contribution in [0.2, 0.25) is 0 Å². The monoisotopic (exact) mass is 283 g/mol. The Kier molecular flexibility index (Phi) is 4.16. The Morgan fingerprint density at radius 3 is 2.65 bits per heavy atom. The molecule has 20 heavy (non-hydrogen) atoms. The molecule has 108 valence electrons. The zero-order chi connectivity index (χ0) is 14.8. The molecule has 0 aliphatic carbocycles. The zero-order valence-electron chi connectivity index (χ0n) is 11.4. The van der Waals surface area contributed by atoms with Gasteiger partial charge in [0.25, 0.3) is 0 Å². The summed E-state index contributed by atoms with van der Waals surface area (Å²) in [5.74, 6) is 0.764. The molecule has 0 fully saturated rings. The Morgan fingerprint density at radius 2 is 2.05 bits per heavy atom. The molecule has 0 saturated carbocycles. The van der Waals surface area contributed by atoms with Gasteiger partial charge in [0.1, 0.15) is 5.75 Å². The number of nitrogens with zero attached hydrogens (tertiary/aromatic N) is 1. The molecule has 2 nitrogen and oxygen atoms in total. The van der Waals surface area contributed by atoms with Crippen molar-refractivity contribution in [2.24, 2.45) is 4.99 Å². The molecule has 0 aromatic heterocycles. The summed E-state index contributed by atoms with van der Waals surface area (Å²) in [6, 6.07) is 5.35. The van der Waals surface area contributed by atoms with Gasteiger partial charge in [-0.3, -0.25) is 4.99 Å². The SMILES string of the molecule is COc1ccc(C2CCC(C(F)(F)F)=CC=N2)cc1C. The van der Waals surface area contributed by atoms with Crippen LogP contribution in [0.1, 0.15) is 30.0 Å². The number of methoxy groups -OCH3 is 1. The average molecular weight is 283 g/mol. The van der Waals surface area contributed by atoms with Gasteiger partial charge in [-0.2, -0.15) is 13.2 Å². The van der Waals surface area contributed by atoms with Crippen molar-refractivity contribution in [2.75, 3.05) is 7.11 Å². The molecule has 2 rings (SSSR count). The minimum absolute atomic E-state index is 0.0146. The van der Waals surface area contributed by atoms with Crippen molar-refractivity contribution in [3.8, 4) is 5.75 Å². The lowest BCUT2D eigenvalue weighted by atomic mass is 9.98. The summed E-state index contributed by atoms with van der Waals surface area (Å²) < 4.78 is 43.2. The van der Waals surface area contributed by atoms with Gasteiger partial charge in [-0.25, -0.2) is 0 Å². The molecule has 1 atom stereocenters. The van der Waals surface area contributed by atoms with E-state index >= 15 is 0 Å². The van der Waals surface area contributed by atoms with E-state index < -0.39 is 11.7 Å². The number of ether oxygens (including phenoxy) is 1. The van der Waals surface area contributed by atoms with Crippen LogP contribution in [-0.4, -0.2) is 19.5 Å². The molecule has 0 N–H and O–H groups in total. The summed E-state index contributed by atoms with van der Waals surface area (Å²) in [5.41, 5.74) is 1.35. The Bertz CT molecular complexity index is 547. The fourth-order valence-electron chi connectivity index (χ4n) is 2.28. The normalized spacial score (nSPS) is 19.4. The molecule has 0 radical (unpaired) electrons. The molecular weight excluding hydrogens is 267 g/mol. The molecule has 1 aromatic rings. The first-order chi connectivity index (χ1) is 9.41. The highest BCUT2D eigenvalue weighted by Gasteiger charge is 2.33. The van der Waals surface area contributed by atoms with Gasteiger partial charge in [-0.1, -0.05) is 12.1 Å². The van der Waals surface area contributed by atoms with E-state index in [4.69, 9.17) is 4.74 Å². The second-order valence-electron chi connectivity index (χ2n) is 4.77. The summed E-state index contributed by atoms with van der Waals surface area (Å²) in [5, 5.41) is 0. The third kappa shape index (κ3) is 3.21. The van der Waals surface area contributed by atoms with Crippen LogP contribution in [0, 0.1) is 6.92 Å². The van der Waals surface area contributed by atoms with Crippen LogP contribution in [-0.2, 0) is 0 Å².